The van der Waals surface area contributed by atoms with Crippen LogP contribution in [0.15, 0.2) is 54.6 Å². The minimum Gasteiger partial charge on any atom is -0.507 e. The lowest BCUT2D eigenvalue weighted by atomic mass is 10.0. The highest BCUT2D eigenvalue weighted by atomic mass is 16.4. The molecule has 0 saturated carbocycles. The van der Waals surface area contributed by atoms with Gasteiger partial charge < -0.3 is 15.5 Å². The Hall–Kier alpha value is -3.34. The molecule has 0 heterocycles. The summed E-state index contributed by atoms with van der Waals surface area (Å²) in [7, 11) is 0. The van der Waals surface area contributed by atoms with Crippen molar-refractivity contribution in [3.63, 3.8) is 0 Å². The van der Waals surface area contributed by atoms with Gasteiger partial charge >= 0.3 is 5.97 Å². The molecule has 5 heteroatoms. The number of aromatic hydroxyl groups is 1. The molecule has 0 saturated heterocycles. The van der Waals surface area contributed by atoms with E-state index in [2.05, 4.69) is 5.32 Å². The first kappa shape index (κ1) is 15.6. The van der Waals surface area contributed by atoms with Crippen LogP contribution >= 0.6 is 0 Å². The van der Waals surface area contributed by atoms with Gasteiger partial charge in [-0.05, 0) is 41.5 Å². The third-order valence-electron chi connectivity index (χ3n) is 3.82. The summed E-state index contributed by atoms with van der Waals surface area (Å²) in [6.45, 7) is 1.58. The van der Waals surface area contributed by atoms with Crippen molar-refractivity contribution in [2.45, 2.75) is 6.92 Å². The standard InChI is InChI=1S/C19H15NO4/c1-11-9-13(10-16(17(11)21)19(23)24)20-18(22)15-8-4-6-12-5-2-3-7-14(12)15/h2-10,21H,1H3,(H,20,22)(H,23,24). The first-order chi connectivity index (χ1) is 11.5. The molecule has 0 atom stereocenters. The molecule has 3 aromatic rings. The van der Waals surface area contributed by atoms with Gasteiger partial charge in [-0.25, -0.2) is 4.79 Å². The van der Waals surface area contributed by atoms with E-state index in [4.69, 9.17) is 5.11 Å². The lowest BCUT2D eigenvalue weighted by Gasteiger charge is -2.11. The zero-order valence-corrected chi connectivity index (χ0v) is 12.9. The number of hydrogen-bond acceptors (Lipinski definition) is 3. The number of carboxylic acid groups (broad SMARTS) is 1. The molecule has 1 amide bonds. The van der Waals surface area contributed by atoms with Gasteiger partial charge in [0.1, 0.15) is 11.3 Å². The van der Waals surface area contributed by atoms with Crippen LogP contribution in [0.4, 0.5) is 5.69 Å². The largest absolute Gasteiger partial charge is 0.507 e. The number of carbonyl (C=O) groups excluding carboxylic acids is 1. The summed E-state index contributed by atoms with van der Waals surface area (Å²) in [4.78, 5) is 23.8. The van der Waals surface area contributed by atoms with E-state index < -0.39 is 5.97 Å². The predicted molar refractivity (Wildman–Crippen MR) is 91.7 cm³/mol. The molecule has 0 aliphatic carbocycles. The number of nitrogens with one attached hydrogen (secondary N) is 1. The Balaban J connectivity index is 1.99. The summed E-state index contributed by atoms with van der Waals surface area (Å²) in [6, 6.07) is 15.7. The number of fused-ring (bicyclic) bond motifs is 1. The number of carbonyl (C=O) groups is 2. The second-order valence-corrected chi connectivity index (χ2v) is 5.48. The second-order valence-electron chi connectivity index (χ2n) is 5.48. The zero-order valence-electron chi connectivity index (χ0n) is 12.9. The van der Waals surface area contributed by atoms with Crippen molar-refractivity contribution in [3.8, 4) is 5.75 Å². The molecule has 120 valence electrons. The fraction of sp³-hybridized carbons (Fsp3) is 0.0526. The molecule has 0 bridgehead atoms. The number of amides is 1. The van der Waals surface area contributed by atoms with Crippen molar-refractivity contribution < 1.29 is 19.8 Å². The molecule has 3 aromatic carbocycles. The summed E-state index contributed by atoms with van der Waals surface area (Å²) in [5.41, 5.74) is 0.947. The number of carboxylic acids is 1. The number of benzene rings is 3. The van der Waals surface area contributed by atoms with Crippen LogP contribution in [0.1, 0.15) is 26.3 Å². The number of aryl methyl sites for hydroxylation is 1. The fourth-order valence-electron chi connectivity index (χ4n) is 2.64. The third-order valence-corrected chi connectivity index (χ3v) is 3.82. The quantitative estimate of drug-likeness (QED) is 0.640. The van der Waals surface area contributed by atoms with Gasteiger partial charge in [0.25, 0.3) is 5.91 Å². The molecular weight excluding hydrogens is 306 g/mol. The summed E-state index contributed by atoms with van der Waals surface area (Å²) in [5, 5.41) is 23.4. The first-order valence-corrected chi connectivity index (χ1v) is 7.33. The van der Waals surface area contributed by atoms with Gasteiger partial charge in [-0.1, -0.05) is 36.4 Å². The molecule has 5 nitrogen and oxygen atoms in total. The monoisotopic (exact) mass is 321 g/mol. The van der Waals surface area contributed by atoms with Crippen LogP contribution in [0.25, 0.3) is 10.8 Å². The smallest absolute Gasteiger partial charge is 0.339 e. The number of hydrogen-bond donors (Lipinski definition) is 3. The Labute approximate surface area is 138 Å². The highest BCUT2D eigenvalue weighted by Crippen LogP contribution is 2.27. The summed E-state index contributed by atoms with van der Waals surface area (Å²) >= 11 is 0. The summed E-state index contributed by atoms with van der Waals surface area (Å²) in [6.07, 6.45) is 0. The number of rotatable bonds is 3. The van der Waals surface area contributed by atoms with Crippen LogP contribution in [0, 0.1) is 6.92 Å². The fourth-order valence-corrected chi connectivity index (χ4v) is 2.64. The number of anilines is 1. The van der Waals surface area contributed by atoms with E-state index in [0.717, 1.165) is 10.8 Å². The van der Waals surface area contributed by atoms with Gasteiger partial charge in [0, 0.05) is 11.3 Å². The molecule has 0 unspecified atom stereocenters. The normalized spacial score (nSPS) is 10.5. The van der Waals surface area contributed by atoms with E-state index in [1.165, 1.54) is 12.1 Å². The Bertz CT molecular complexity index is 957. The maximum atomic E-state index is 12.6. The van der Waals surface area contributed by atoms with Crippen LogP contribution in [0.3, 0.4) is 0 Å². The van der Waals surface area contributed by atoms with Crippen molar-refractivity contribution >= 4 is 28.3 Å². The summed E-state index contributed by atoms with van der Waals surface area (Å²) < 4.78 is 0. The molecule has 0 aliphatic heterocycles. The minimum atomic E-state index is -1.25. The molecule has 0 aromatic heterocycles. The molecule has 24 heavy (non-hydrogen) atoms. The number of phenols is 1. The van der Waals surface area contributed by atoms with Crippen molar-refractivity contribution in [1.29, 1.82) is 0 Å². The molecule has 0 spiro atoms. The van der Waals surface area contributed by atoms with E-state index in [-0.39, 0.29) is 17.2 Å². The Morgan fingerprint density at radius 2 is 1.67 bits per heavy atom. The van der Waals surface area contributed by atoms with E-state index in [0.29, 0.717) is 16.8 Å². The topological polar surface area (TPSA) is 86.6 Å². The Morgan fingerprint density at radius 3 is 2.42 bits per heavy atom. The average Bonchev–Trinajstić information content (AvgIpc) is 2.57. The lowest BCUT2D eigenvalue weighted by Crippen LogP contribution is -2.13. The molecule has 0 fully saturated rings. The lowest BCUT2D eigenvalue weighted by molar-refractivity contribution is 0.0693. The highest BCUT2D eigenvalue weighted by Gasteiger charge is 2.16. The van der Waals surface area contributed by atoms with Gasteiger partial charge in [0.2, 0.25) is 0 Å². The SMILES string of the molecule is Cc1cc(NC(=O)c2cccc3ccccc23)cc(C(=O)O)c1O. The van der Waals surface area contributed by atoms with Gasteiger partial charge in [0.15, 0.2) is 0 Å². The van der Waals surface area contributed by atoms with E-state index >= 15 is 0 Å². The van der Waals surface area contributed by atoms with Gasteiger partial charge in [0.05, 0.1) is 0 Å². The maximum Gasteiger partial charge on any atom is 0.339 e. The average molecular weight is 321 g/mol. The Morgan fingerprint density at radius 1 is 0.958 bits per heavy atom. The van der Waals surface area contributed by atoms with Crippen molar-refractivity contribution in [2.24, 2.45) is 0 Å². The molecule has 3 N–H and O–H groups in total. The second kappa shape index (κ2) is 6.04. The van der Waals surface area contributed by atoms with Gasteiger partial charge in [-0.3, -0.25) is 4.79 Å². The molecule has 3 rings (SSSR count). The molecule has 0 radical (unpaired) electrons. The van der Waals surface area contributed by atoms with Crippen LogP contribution in [-0.2, 0) is 0 Å². The van der Waals surface area contributed by atoms with Gasteiger partial charge in [-0.2, -0.15) is 0 Å². The summed E-state index contributed by atoms with van der Waals surface area (Å²) in [5.74, 6) is -1.89. The van der Waals surface area contributed by atoms with Crippen LogP contribution in [0.5, 0.6) is 5.75 Å². The minimum absolute atomic E-state index is 0.247. The van der Waals surface area contributed by atoms with Crippen molar-refractivity contribution in [2.75, 3.05) is 5.32 Å². The van der Waals surface area contributed by atoms with Crippen LogP contribution in [-0.4, -0.2) is 22.1 Å². The van der Waals surface area contributed by atoms with E-state index in [1.807, 2.05) is 30.3 Å². The zero-order chi connectivity index (χ0) is 17.3. The number of aromatic carboxylic acids is 1. The van der Waals surface area contributed by atoms with E-state index in [9.17, 15) is 14.7 Å². The first-order valence-electron chi connectivity index (χ1n) is 7.33. The van der Waals surface area contributed by atoms with Crippen molar-refractivity contribution in [3.05, 3.63) is 71.3 Å². The van der Waals surface area contributed by atoms with Crippen molar-refractivity contribution in [1.82, 2.24) is 0 Å². The van der Waals surface area contributed by atoms with Crippen LogP contribution < -0.4 is 5.32 Å². The van der Waals surface area contributed by atoms with Gasteiger partial charge in [-0.15, -0.1) is 0 Å². The van der Waals surface area contributed by atoms with Crippen LogP contribution in [0.2, 0.25) is 0 Å². The predicted octanol–water partition coefficient (Wildman–Crippen LogP) is 3.80. The third kappa shape index (κ3) is 2.79. The molecule has 0 aliphatic rings. The maximum absolute atomic E-state index is 12.6. The highest BCUT2D eigenvalue weighted by molar-refractivity contribution is 6.13. The Kier molecular flexibility index (Phi) is 3.92. The van der Waals surface area contributed by atoms with E-state index in [1.54, 1.807) is 19.1 Å². The molecular formula is C19H15NO4.